The number of fused-ring (bicyclic) bond motifs is 1. The Morgan fingerprint density at radius 2 is 1.70 bits per heavy atom. The molecule has 0 aliphatic heterocycles. The normalized spacial score (nSPS) is 11.0. The molecule has 30 heavy (non-hydrogen) atoms. The van der Waals surface area contributed by atoms with Crippen molar-refractivity contribution >= 4 is 39.7 Å². The van der Waals surface area contributed by atoms with E-state index in [1.54, 1.807) is 6.26 Å². The van der Waals surface area contributed by atoms with Crippen LogP contribution in [0, 0.1) is 0 Å². The van der Waals surface area contributed by atoms with Gasteiger partial charge in [-0.05, 0) is 54.3 Å². The summed E-state index contributed by atoms with van der Waals surface area (Å²) in [6.07, 6.45) is 3.60. The second-order valence-corrected chi connectivity index (χ2v) is 8.05. The number of nitrogens with one attached hydrogen (secondary N) is 2. The highest BCUT2D eigenvalue weighted by atomic mass is 32.2. The van der Waals surface area contributed by atoms with Gasteiger partial charge in [-0.3, -0.25) is 4.21 Å². The maximum atomic E-state index is 11.6. The second-order valence-electron chi connectivity index (χ2n) is 5.98. The molecular formula is C24H35N3OS2. The van der Waals surface area contributed by atoms with Crippen molar-refractivity contribution in [2.45, 2.75) is 52.4 Å². The number of nitrogens with zero attached hydrogens (tertiary/aromatic N) is 1. The van der Waals surface area contributed by atoms with Crippen molar-refractivity contribution in [3.8, 4) is 0 Å². The quantitative estimate of drug-likeness (QED) is 0.311. The standard InChI is InChI=1S/C20H23N3OS2.2C2H6/c1-3-15-14-18(26(2)24)10-8-16(15)12-13-21-25-23-20-11-9-17-6-4-5-7-19(17)22-20;2*1-2/h4-11,14,21H,3,12-13H2,1-2H3,(H,22,23);2*1-2H3. The molecule has 0 spiro atoms. The minimum atomic E-state index is -0.926. The van der Waals surface area contributed by atoms with Crippen LogP contribution in [0.3, 0.4) is 0 Å². The summed E-state index contributed by atoms with van der Waals surface area (Å²) in [5, 5.41) is 1.14. The van der Waals surface area contributed by atoms with Gasteiger partial charge in [-0.15, -0.1) is 0 Å². The molecule has 2 aromatic carbocycles. The van der Waals surface area contributed by atoms with Crippen LogP contribution in [0.2, 0.25) is 0 Å². The number of anilines is 1. The highest BCUT2D eigenvalue weighted by molar-refractivity contribution is 7.98. The van der Waals surface area contributed by atoms with Gasteiger partial charge in [0.15, 0.2) is 0 Å². The van der Waals surface area contributed by atoms with Crippen LogP contribution >= 0.6 is 12.1 Å². The lowest BCUT2D eigenvalue weighted by atomic mass is 10.0. The lowest BCUT2D eigenvalue weighted by Gasteiger charge is -2.11. The van der Waals surface area contributed by atoms with Crippen LogP contribution in [0.15, 0.2) is 59.5 Å². The first kappa shape index (κ1) is 26.1. The highest BCUT2D eigenvalue weighted by Crippen LogP contribution is 2.17. The number of para-hydroxylation sites is 1. The molecule has 1 aromatic heterocycles. The lowest BCUT2D eigenvalue weighted by Crippen LogP contribution is -2.12. The summed E-state index contributed by atoms with van der Waals surface area (Å²) in [6, 6.07) is 18.3. The zero-order valence-corrected chi connectivity index (χ0v) is 20.6. The van der Waals surface area contributed by atoms with Crippen LogP contribution in [-0.2, 0) is 23.6 Å². The fourth-order valence-corrected chi connectivity index (χ4v) is 3.86. The number of pyridine rings is 1. The van der Waals surface area contributed by atoms with Crippen molar-refractivity contribution in [2.24, 2.45) is 0 Å². The molecule has 0 fully saturated rings. The number of rotatable bonds is 8. The molecule has 3 rings (SSSR count). The summed E-state index contributed by atoms with van der Waals surface area (Å²) in [4.78, 5) is 5.48. The van der Waals surface area contributed by atoms with Gasteiger partial charge in [0.2, 0.25) is 0 Å². The predicted molar refractivity (Wildman–Crippen MR) is 136 cm³/mol. The molecule has 0 amide bonds. The van der Waals surface area contributed by atoms with E-state index in [2.05, 4.69) is 45.6 Å². The molecule has 2 N–H and O–H groups in total. The first-order chi connectivity index (χ1) is 14.7. The van der Waals surface area contributed by atoms with Gasteiger partial charge < -0.3 is 4.72 Å². The zero-order valence-electron chi connectivity index (χ0n) is 19.0. The van der Waals surface area contributed by atoms with Gasteiger partial charge in [-0.2, -0.15) is 0 Å². The smallest absolute Gasteiger partial charge is 0.137 e. The Hall–Kier alpha value is -1.89. The van der Waals surface area contributed by atoms with E-state index in [-0.39, 0.29) is 0 Å². The average molecular weight is 446 g/mol. The van der Waals surface area contributed by atoms with Gasteiger partial charge >= 0.3 is 0 Å². The fraction of sp³-hybridized carbons (Fsp3) is 0.375. The topological polar surface area (TPSA) is 54.0 Å². The Bertz CT molecular complexity index is 916. The van der Waals surface area contributed by atoms with Gasteiger partial charge in [-0.25, -0.2) is 9.71 Å². The van der Waals surface area contributed by atoms with Crippen molar-refractivity contribution in [3.63, 3.8) is 0 Å². The van der Waals surface area contributed by atoms with Gasteiger partial charge in [-0.1, -0.05) is 58.9 Å². The van der Waals surface area contributed by atoms with Crippen LogP contribution < -0.4 is 9.44 Å². The molecule has 0 saturated heterocycles. The molecule has 3 aromatic rings. The number of aromatic nitrogens is 1. The van der Waals surface area contributed by atoms with E-state index in [0.29, 0.717) is 0 Å². The van der Waals surface area contributed by atoms with E-state index < -0.39 is 10.8 Å². The van der Waals surface area contributed by atoms with Crippen molar-refractivity contribution in [2.75, 3.05) is 17.5 Å². The average Bonchev–Trinajstić information content (AvgIpc) is 2.81. The van der Waals surface area contributed by atoms with Crippen LogP contribution in [0.1, 0.15) is 45.7 Å². The molecule has 0 saturated carbocycles. The molecule has 0 aliphatic carbocycles. The molecule has 1 unspecified atom stereocenters. The summed E-state index contributed by atoms with van der Waals surface area (Å²) >= 11 is 1.44. The number of hydrogen-bond donors (Lipinski definition) is 2. The van der Waals surface area contributed by atoms with Crippen LogP contribution in [0.4, 0.5) is 5.82 Å². The molecule has 164 valence electrons. The predicted octanol–water partition coefficient (Wildman–Crippen LogP) is 6.39. The minimum Gasteiger partial charge on any atom is -0.301 e. The lowest BCUT2D eigenvalue weighted by molar-refractivity contribution is 0.686. The molecule has 0 radical (unpaired) electrons. The molecule has 4 nitrogen and oxygen atoms in total. The molecule has 1 atom stereocenters. The number of hydrogen-bond acceptors (Lipinski definition) is 5. The Labute approximate surface area is 189 Å². The maximum absolute atomic E-state index is 11.6. The van der Waals surface area contributed by atoms with Crippen LogP contribution in [0.25, 0.3) is 10.9 Å². The van der Waals surface area contributed by atoms with Gasteiger partial charge in [0, 0.05) is 46.0 Å². The Kier molecular flexibility index (Phi) is 13.1. The van der Waals surface area contributed by atoms with Crippen molar-refractivity contribution in [3.05, 3.63) is 65.7 Å². The first-order valence-electron chi connectivity index (χ1n) is 10.6. The van der Waals surface area contributed by atoms with E-state index in [1.165, 1.54) is 23.3 Å². The minimum absolute atomic E-state index is 0.838. The maximum Gasteiger partial charge on any atom is 0.137 e. The van der Waals surface area contributed by atoms with Crippen molar-refractivity contribution in [1.82, 2.24) is 9.71 Å². The summed E-state index contributed by atoms with van der Waals surface area (Å²) < 4.78 is 18.2. The SMILES string of the molecule is CC.CC.CCc1cc(S(C)=O)ccc1CCNSNc1ccc2ccccc2n1. The summed E-state index contributed by atoms with van der Waals surface area (Å²) in [7, 11) is -0.926. The van der Waals surface area contributed by atoms with Gasteiger partial charge in [0.05, 0.1) is 5.52 Å². The van der Waals surface area contributed by atoms with Crippen molar-refractivity contribution < 1.29 is 4.21 Å². The molecule has 1 heterocycles. The second kappa shape index (κ2) is 15.0. The Morgan fingerprint density at radius 1 is 0.967 bits per heavy atom. The third-order valence-electron chi connectivity index (χ3n) is 4.21. The number of benzene rings is 2. The first-order valence-corrected chi connectivity index (χ1v) is 13.0. The summed E-state index contributed by atoms with van der Waals surface area (Å²) in [5.74, 6) is 0.838. The third kappa shape index (κ3) is 8.09. The van der Waals surface area contributed by atoms with Crippen molar-refractivity contribution in [1.29, 1.82) is 0 Å². The summed E-state index contributed by atoms with van der Waals surface area (Å²) in [5.41, 5.74) is 3.56. The third-order valence-corrected chi connectivity index (χ3v) is 5.79. The Balaban J connectivity index is 0.00000106. The van der Waals surface area contributed by atoms with E-state index in [4.69, 9.17) is 0 Å². The van der Waals surface area contributed by atoms with E-state index in [9.17, 15) is 4.21 Å². The van der Waals surface area contributed by atoms with E-state index in [1.807, 2.05) is 58.0 Å². The molecule has 0 aliphatic rings. The van der Waals surface area contributed by atoms with Crippen LogP contribution in [-0.4, -0.2) is 22.0 Å². The Morgan fingerprint density at radius 3 is 2.40 bits per heavy atom. The zero-order chi connectivity index (χ0) is 22.4. The monoisotopic (exact) mass is 445 g/mol. The fourth-order valence-electron chi connectivity index (χ4n) is 2.80. The van der Waals surface area contributed by atoms with E-state index >= 15 is 0 Å². The molecule has 6 heteroatoms. The van der Waals surface area contributed by atoms with Crippen LogP contribution in [0.5, 0.6) is 0 Å². The number of aryl methyl sites for hydroxylation is 1. The molecule has 0 bridgehead atoms. The highest BCUT2D eigenvalue weighted by Gasteiger charge is 2.05. The van der Waals surface area contributed by atoms with Gasteiger partial charge in [0.1, 0.15) is 5.82 Å². The summed E-state index contributed by atoms with van der Waals surface area (Å²) in [6.45, 7) is 11.0. The van der Waals surface area contributed by atoms with E-state index in [0.717, 1.165) is 41.0 Å². The largest absolute Gasteiger partial charge is 0.301 e. The molecular weight excluding hydrogens is 410 g/mol. The van der Waals surface area contributed by atoms with Gasteiger partial charge in [0.25, 0.3) is 0 Å².